The molecule has 0 saturated carbocycles. The Labute approximate surface area is 125 Å². The molecule has 0 unspecified atom stereocenters. The minimum Gasteiger partial charge on any atom is -0.507 e. The Kier molecular flexibility index (Phi) is 4.44. The molecule has 1 aromatic heterocycles. The highest BCUT2D eigenvalue weighted by atomic mass is 79.9. The summed E-state index contributed by atoms with van der Waals surface area (Å²) in [6, 6.07) is 4.76. The van der Waals surface area contributed by atoms with Gasteiger partial charge in [0.1, 0.15) is 5.75 Å². The van der Waals surface area contributed by atoms with Crippen LogP contribution in [0.5, 0.6) is 5.75 Å². The zero-order chi connectivity index (χ0) is 14.7. The third-order valence-corrected chi connectivity index (χ3v) is 3.46. The maximum Gasteiger partial charge on any atom is 0.255 e. The predicted molar refractivity (Wildman–Crippen MR) is 79.6 cm³/mol. The van der Waals surface area contributed by atoms with E-state index in [-0.39, 0.29) is 17.2 Å². The van der Waals surface area contributed by atoms with Crippen molar-refractivity contribution in [2.75, 3.05) is 0 Å². The number of rotatable bonds is 4. The van der Waals surface area contributed by atoms with Gasteiger partial charge in [0.05, 0.1) is 11.3 Å². The van der Waals surface area contributed by atoms with E-state index in [0.717, 1.165) is 22.2 Å². The summed E-state index contributed by atoms with van der Waals surface area (Å²) in [5.74, 6) is -0.345. The molecule has 5 nitrogen and oxygen atoms in total. The van der Waals surface area contributed by atoms with Crippen molar-refractivity contribution in [1.82, 2.24) is 15.1 Å². The molecule has 20 heavy (non-hydrogen) atoms. The van der Waals surface area contributed by atoms with Gasteiger partial charge in [-0.2, -0.15) is 5.10 Å². The molecule has 0 atom stereocenters. The monoisotopic (exact) mass is 337 g/mol. The van der Waals surface area contributed by atoms with E-state index in [4.69, 9.17) is 0 Å². The van der Waals surface area contributed by atoms with Gasteiger partial charge in [0.15, 0.2) is 0 Å². The molecule has 2 N–H and O–H groups in total. The van der Waals surface area contributed by atoms with Crippen molar-refractivity contribution in [2.24, 2.45) is 7.05 Å². The summed E-state index contributed by atoms with van der Waals surface area (Å²) >= 11 is 3.28. The number of hydrogen-bond donors (Lipinski definition) is 2. The van der Waals surface area contributed by atoms with E-state index >= 15 is 0 Å². The van der Waals surface area contributed by atoms with Gasteiger partial charge in [-0.15, -0.1) is 0 Å². The van der Waals surface area contributed by atoms with Crippen LogP contribution in [0.15, 0.2) is 28.9 Å². The predicted octanol–water partition coefficient (Wildman–Crippen LogP) is 2.38. The first-order valence-electron chi connectivity index (χ1n) is 6.29. The van der Waals surface area contributed by atoms with Crippen molar-refractivity contribution in [3.63, 3.8) is 0 Å². The van der Waals surface area contributed by atoms with Crippen molar-refractivity contribution < 1.29 is 9.90 Å². The minimum atomic E-state index is -0.310. The summed E-state index contributed by atoms with van der Waals surface area (Å²) in [5, 5.41) is 16.8. The molecule has 0 spiro atoms. The van der Waals surface area contributed by atoms with Crippen LogP contribution in [0, 0.1) is 0 Å². The van der Waals surface area contributed by atoms with Crippen LogP contribution in [0.4, 0.5) is 0 Å². The van der Waals surface area contributed by atoms with Crippen LogP contribution in [0.3, 0.4) is 0 Å². The molecule has 0 radical (unpaired) electrons. The third-order valence-electron chi connectivity index (χ3n) is 2.97. The number of phenolic OH excluding ortho intramolecular Hbond substituents is 1. The van der Waals surface area contributed by atoms with Gasteiger partial charge in [-0.3, -0.25) is 9.48 Å². The summed E-state index contributed by atoms with van der Waals surface area (Å²) in [4.78, 5) is 12.1. The Balaban J connectivity index is 2.10. The quantitative estimate of drug-likeness (QED) is 0.900. The average Bonchev–Trinajstić information content (AvgIpc) is 2.79. The van der Waals surface area contributed by atoms with E-state index in [1.54, 1.807) is 16.8 Å². The summed E-state index contributed by atoms with van der Waals surface area (Å²) in [5.41, 5.74) is 2.20. The fourth-order valence-electron chi connectivity index (χ4n) is 1.99. The molecule has 1 aromatic carbocycles. The lowest BCUT2D eigenvalue weighted by atomic mass is 10.1. The second kappa shape index (κ2) is 6.09. The number of aromatic hydroxyl groups is 1. The maximum atomic E-state index is 12.1. The zero-order valence-electron chi connectivity index (χ0n) is 11.4. The fraction of sp³-hybridized carbons (Fsp3) is 0.286. The van der Waals surface area contributed by atoms with Crippen molar-refractivity contribution >= 4 is 21.8 Å². The van der Waals surface area contributed by atoms with Gasteiger partial charge in [-0.05, 0) is 24.6 Å². The largest absolute Gasteiger partial charge is 0.507 e. The molecule has 0 aliphatic heterocycles. The number of nitrogens with zero attached hydrogens (tertiary/aromatic N) is 2. The Bertz CT molecular complexity index is 637. The smallest absolute Gasteiger partial charge is 0.255 e. The molecular weight excluding hydrogens is 322 g/mol. The number of benzene rings is 1. The lowest BCUT2D eigenvalue weighted by Crippen LogP contribution is -2.23. The summed E-state index contributed by atoms with van der Waals surface area (Å²) < 4.78 is 2.48. The van der Waals surface area contributed by atoms with Crippen LogP contribution in [-0.4, -0.2) is 20.8 Å². The highest BCUT2D eigenvalue weighted by Crippen LogP contribution is 2.21. The van der Waals surface area contributed by atoms with Crippen LogP contribution < -0.4 is 5.32 Å². The number of aryl methyl sites for hydroxylation is 2. The van der Waals surface area contributed by atoms with E-state index in [0.29, 0.717) is 6.54 Å². The Morgan fingerprint density at radius 3 is 2.95 bits per heavy atom. The molecular formula is C14H16BrN3O2. The van der Waals surface area contributed by atoms with Gasteiger partial charge in [-0.25, -0.2) is 0 Å². The Morgan fingerprint density at radius 1 is 1.50 bits per heavy atom. The van der Waals surface area contributed by atoms with E-state index < -0.39 is 0 Å². The van der Waals surface area contributed by atoms with E-state index in [1.807, 2.05) is 20.2 Å². The van der Waals surface area contributed by atoms with Crippen LogP contribution in [0.25, 0.3) is 0 Å². The molecule has 0 aliphatic carbocycles. The van der Waals surface area contributed by atoms with Crippen molar-refractivity contribution in [3.8, 4) is 5.75 Å². The average molecular weight is 338 g/mol. The molecule has 106 valence electrons. The molecule has 6 heteroatoms. The molecule has 2 rings (SSSR count). The normalized spacial score (nSPS) is 10.6. The number of aromatic nitrogens is 2. The molecule has 0 saturated heterocycles. The number of carbonyl (C=O) groups is 1. The molecule has 1 amide bonds. The number of halogens is 1. The summed E-state index contributed by atoms with van der Waals surface area (Å²) in [6.07, 6.45) is 2.70. The van der Waals surface area contributed by atoms with E-state index in [2.05, 4.69) is 26.3 Å². The van der Waals surface area contributed by atoms with Gasteiger partial charge in [-0.1, -0.05) is 22.9 Å². The summed E-state index contributed by atoms with van der Waals surface area (Å²) in [6.45, 7) is 2.41. The first-order valence-corrected chi connectivity index (χ1v) is 7.08. The first kappa shape index (κ1) is 14.6. The van der Waals surface area contributed by atoms with Gasteiger partial charge >= 0.3 is 0 Å². The van der Waals surface area contributed by atoms with Crippen molar-refractivity contribution in [2.45, 2.75) is 19.9 Å². The van der Waals surface area contributed by atoms with Crippen molar-refractivity contribution in [3.05, 3.63) is 45.7 Å². The van der Waals surface area contributed by atoms with Crippen LogP contribution in [0.1, 0.15) is 28.5 Å². The number of carbonyl (C=O) groups excluding carboxylic acids is 1. The number of phenols is 1. The topological polar surface area (TPSA) is 67.2 Å². The van der Waals surface area contributed by atoms with Crippen LogP contribution >= 0.6 is 15.9 Å². The second-order valence-electron chi connectivity index (χ2n) is 4.47. The molecule has 0 fully saturated rings. The SMILES string of the molecule is CCc1nn(C)cc1CNC(=O)c1cc(Br)ccc1O. The maximum absolute atomic E-state index is 12.1. The second-order valence-corrected chi connectivity index (χ2v) is 5.39. The fourth-order valence-corrected chi connectivity index (χ4v) is 2.35. The number of nitrogens with one attached hydrogen (secondary N) is 1. The Hall–Kier alpha value is -1.82. The molecule has 2 aromatic rings. The van der Waals surface area contributed by atoms with Crippen LogP contribution in [0.2, 0.25) is 0 Å². The van der Waals surface area contributed by atoms with Gasteiger partial charge in [0.2, 0.25) is 0 Å². The first-order chi connectivity index (χ1) is 9.51. The Morgan fingerprint density at radius 2 is 2.25 bits per heavy atom. The molecule has 1 heterocycles. The minimum absolute atomic E-state index is 0.0346. The number of amides is 1. The summed E-state index contributed by atoms with van der Waals surface area (Å²) in [7, 11) is 1.85. The van der Waals surface area contributed by atoms with Gasteiger partial charge < -0.3 is 10.4 Å². The third kappa shape index (κ3) is 3.19. The van der Waals surface area contributed by atoms with Gasteiger partial charge in [0.25, 0.3) is 5.91 Å². The molecule has 0 aliphatic rings. The number of hydrogen-bond acceptors (Lipinski definition) is 3. The van der Waals surface area contributed by atoms with E-state index in [1.165, 1.54) is 6.07 Å². The van der Waals surface area contributed by atoms with Gasteiger partial charge in [0, 0.05) is 29.8 Å². The van der Waals surface area contributed by atoms with Crippen molar-refractivity contribution in [1.29, 1.82) is 0 Å². The lowest BCUT2D eigenvalue weighted by Gasteiger charge is -2.07. The zero-order valence-corrected chi connectivity index (χ0v) is 12.9. The highest BCUT2D eigenvalue weighted by molar-refractivity contribution is 9.10. The van der Waals surface area contributed by atoms with E-state index in [9.17, 15) is 9.90 Å². The lowest BCUT2D eigenvalue weighted by molar-refractivity contribution is 0.0948. The van der Waals surface area contributed by atoms with Crippen LogP contribution in [-0.2, 0) is 20.0 Å². The molecule has 0 bridgehead atoms. The standard InChI is InChI=1S/C14H16BrN3O2/c1-3-12-9(8-18(2)17-12)7-16-14(20)11-6-10(15)4-5-13(11)19/h4-6,8,19H,3,7H2,1-2H3,(H,16,20). The highest BCUT2D eigenvalue weighted by Gasteiger charge is 2.13.